The SMILES string of the molecule is N#CC(NC1CCCC1)c1ccc(Cl)cc1Cl. The maximum atomic E-state index is 9.23. The van der Waals surface area contributed by atoms with Crippen LogP contribution in [0.25, 0.3) is 0 Å². The number of hydrogen-bond acceptors (Lipinski definition) is 2. The van der Waals surface area contributed by atoms with E-state index in [0.717, 1.165) is 18.4 Å². The second-order valence-corrected chi connectivity index (χ2v) is 5.22. The summed E-state index contributed by atoms with van der Waals surface area (Å²) in [5, 5.41) is 13.7. The summed E-state index contributed by atoms with van der Waals surface area (Å²) in [6.45, 7) is 0. The molecule has 1 fully saturated rings. The van der Waals surface area contributed by atoms with E-state index >= 15 is 0 Å². The highest BCUT2D eigenvalue weighted by Crippen LogP contribution is 2.28. The molecule has 17 heavy (non-hydrogen) atoms. The monoisotopic (exact) mass is 268 g/mol. The Balaban J connectivity index is 2.14. The van der Waals surface area contributed by atoms with Crippen LogP contribution in [0.3, 0.4) is 0 Å². The molecule has 0 amide bonds. The lowest BCUT2D eigenvalue weighted by Gasteiger charge is -2.18. The largest absolute Gasteiger partial charge is 0.295 e. The average molecular weight is 269 g/mol. The van der Waals surface area contributed by atoms with E-state index in [1.54, 1.807) is 12.1 Å². The average Bonchev–Trinajstić information content (AvgIpc) is 2.79. The van der Waals surface area contributed by atoms with Crippen LogP contribution in [-0.2, 0) is 0 Å². The van der Waals surface area contributed by atoms with Crippen molar-refractivity contribution in [1.29, 1.82) is 5.26 Å². The molecule has 1 atom stereocenters. The summed E-state index contributed by atoms with van der Waals surface area (Å²) in [6, 6.07) is 7.63. The quantitative estimate of drug-likeness (QED) is 0.897. The summed E-state index contributed by atoms with van der Waals surface area (Å²) in [6.07, 6.45) is 4.76. The van der Waals surface area contributed by atoms with E-state index in [-0.39, 0.29) is 6.04 Å². The van der Waals surface area contributed by atoms with E-state index < -0.39 is 0 Å². The highest BCUT2D eigenvalue weighted by molar-refractivity contribution is 6.35. The third-order valence-corrected chi connectivity index (χ3v) is 3.72. The molecule has 1 aliphatic carbocycles. The molecule has 1 saturated carbocycles. The van der Waals surface area contributed by atoms with Gasteiger partial charge in [-0.2, -0.15) is 5.26 Å². The van der Waals surface area contributed by atoms with E-state index in [1.807, 2.05) is 6.07 Å². The Morgan fingerprint density at radius 3 is 2.59 bits per heavy atom. The molecule has 1 aromatic rings. The molecular weight excluding hydrogens is 255 g/mol. The summed E-state index contributed by atoms with van der Waals surface area (Å²) < 4.78 is 0. The number of halogens is 2. The van der Waals surface area contributed by atoms with Crippen LogP contribution in [0.15, 0.2) is 18.2 Å². The fourth-order valence-electron chi connectivity index (χ4n) is 2.26. The van der Waals surface area contributed by atoms with Crippen LogP contribution in [0.1, 0.15) is 37.3 Å². The van der Waals surface area contributed by atoms with Crippen molar-refractivity contribution in [2.75, 3.05) is 0 Å². The molecule has 1 aliphatic rings. The zero-order valence-corrected chi connectivity index (χ0v) is 10.9. The Kier molecular flexibility index (Phi) is 4.28. The lowest BCUT2D eigenvalue weighted by atomic mass is 10.1. The molecule has 90 valence electrons. The maximum absolute atomic E-state index is 9.23. The lowest BCUT2D eigenvalue weighted by molar-refractivity contribution is 0.492. The zero-order valence-electron chi connectivity index (χ0n) is 9.42. The first-order valence-electron chi connectivity index (χ1n) is 5.81. The molecule has 1 N–H and O–H groups in total. The van der Waals surface area contributed by atoms with Crippen molar-refractivity contribution in [1.82, 2.24) is 5.32 Å². The first kappa shape index (κ1) is 12.7. The standard InChI is InChI=1S/C13H14Cl2N2/c14-9-5-6-11(12(15)7-9)13(8-16)17-10-3-1-2-4-10/h5-7,10,13,17H,1-4H2. The number of nitriles is 1. The van der Waals surface area contributed by atoms with E-state index in [9.17, 15) is 5.26 Å². The summed E-state index contributed by atoms with van der Waals surface area (Å²) in [7, 11) is 0. The smallest absolute Gasteiger partial charge is 0.123 e. The van der Waals surface area contributed by atoms with Gasteiger partial charge < -0.3 is 0 Å². The van der Waals surface area contributed by atoms with Crippen LogP contribution < -0.4 is 5.32 Å². The summed E-state index contributed by atoms with van der Waals surface area (Å²) in [4.78, 5) is 0. The lowest BCUT2D eigenvalue weighted by Crippen LogP contribution is -2.29. The topological polar surface area (TPSA) is 35.8 Å². The predicted octanol–water partition coefficient (Wildman–Crippen LogP) is 4.09. The van der Waals surface area contributed by atoms with Crippen molar-refractivity contribution < 1.29 is 0 Å². The van der Waals surface area contributed by atoms with E-state index in [1.165, 1.54) is 12.8 Å². The molecule has 0 radical (unpaired) electrons. The fourth-order valence-corrected chi connectivity index (χ4v) is 2.78. The minimum absolute atomic E-state index is 0.345. The number of nitrogens with one attached hydrogen (secondary N) is 1. The van der Waals surface area contributed by atoms with Gasteiger partial charge in [0.15, 0.2) is 0 Å². The molecule has 4 heteroatoms. The zero-order chi connectivity index (χ0) is 12.3. The summed E-state index contributed by atoms with van der Waals surface area (Å²) in [5.41, 5.74) is 0.811. The van der Waals surface area contributed by atoms with Crippen LogP contribution in [0, 0.1) is 11.3 Å². The summed E-state index contributed by atoms with van der Waals surface area (Å²) in [5.74, 6) is 0. The van der Waals surface area contributed by atoms with Crippen LogP contribution in [0.5, 0.6) is 0 Å². The molecule has 0 aromatic heterocycles. The Morgan fingerprint density at radius 2 is 2.00 bits per heavy atom. The Labute approximate surface area is 112 Å². The third kappa shape index (κ3) is 3.13. The minimum atomic E-state index is -0.345. The van der Waals surface area contributed by atoms with Gasteiger partial charge >= 0.3 is 0 Å². The van der Waals surface area contributed by atoms with Gasteiger partial charge in [0.2, 0.25) is 0 Å². The van der Waals surface area contributed by atoms with Crippen molar-refractivity contribution >= 4 is 23.2 Å². The van der Waals surface area contributed by atoms with Crippen LogP contribution in [0.2, 0.25) is 10.0 Å². The molecule has 0 saturated heterocycles. The highest BCUT2D eigenvalue weighted by atomic mass is 35.5. The van der Waals surface area contributed by atoms with Crippen LogP contribution >= 0.6 is 23.2 Å². The summed E-state index contributed by atoms with van der Waals surface area (Å²) >= 11 is 12.0. The van der Waals surface area contributed by atoms with Gasteiger partial charge in [-0.15, -0.1) is 0 Å². The number of rotatable bonds is 3. The van der Waals surface area contributed by atoms with Gasteiger partial charge in [-0.3, -0.25) is 5.32 Å². The first-order chi connectivity index (χ1) is 8.20. The van der Waals surface area contributed by atoms with Gasteiger partial charge in [0.25, 0.3) is 0 Å². The molecule has 0 spiro atoms. The van der Waals surface area contributed by atoms with E-state index in [2.05, 4.69) is 11.4 Å². The number of benzene rings is 1. The second kappa shape index (κ2) is 5.73. The number of hydrogen-bond donors (Lipinski definition) is 1. The Morgan fingerprint density at radius 1 is 1.29 bits per heavy atom. The molecular formula is C13H14Cl2N2. The van der Waals surface area contributed by atoms with Gasteiger partial charge in [-0.05, 0) is 25.0 Å². The van der Waals surface area contributed by atoms with Crippen molar-refractivity contribution in [3.8, 4) is 6.07 Å². The molecule has 0 heterocycles. The molecule has 1 unspecified atom stereocenters. The van der Waals surface area contributed by atoms with Crippen molar-refractivity contribution in [3.05, 3.63) is 33.8 Å². The van der Waals surface area contributed by atoms with Gasteiger partial charge in [0.1, 0.15) is 6.04 Å². The second-order valence-electron chi connectivity index (χ2n) is 4.38. The molecule has 2 rings (SSSR count). The molecule has 2 nitrogen and oxygen atoms in total. The third-order valence-electron chi connectivity index (χ3n) is 3.16. The van der Waals surface area contributed by atoms with Gasteiger partial charge in [0.05, 0.1) is 6.07 Å². The Hall–Kier alpha value is -0.750. The van der Waals surface area contributed by atoms with E-state index in [0.29, 0.717) is 16.1 Å². The highest BCUT2D eigenvalue weighted by Gasteiger charge is 2.21. The molecule has 1 aromatic carbocycles. The van der Waals surface area contributed by atoms with Gasteiger partial charge in [-0.25, -0.2) is 0 Å². The first-order valence-corrected chi connectivity index (χ1v) is 6.57. The Bertz CT molecular complexity index is 434. The van der Waals surface area contributed by atoms with Gasteiger partial charge in [-0.1, -0.05) is 42.1 Å². The normalized spacial score (nSPS) is 17.9. The van der Waals surface area contributed by atoms with Gasteiger partial charge in [0, 0.05) is 21.7 Å². The minimum Gasteiger partial charge on any atom is -0.295 e. The van der Waals surface area contributed by atoms with Crippen molar-refractivity contribution in [2.45, 2.75) is 37.8 Å². The molecule has 0 aliphatic heterocycles. The van der Waals surface area contributed by atoms with Crippen LogP contribution in [0.4, 0.5) is 0 Å². The maximum Gasteiger partial charge on any atom is 0.123 e. The van der Waals surface area contributed by atoms with Crippen LogP contribution in [-0.4, -0.2) is 6.04 Å². The number of nitrogens with zero attached hydrogens (tertiary/aromatic N) is 1. The predicted molar refractivity (Wildman–Crippen MR) is 70.2 cm³/mol. The van der Waals surface area contributed by atoms with Crippen molar-refractivity contribution in [2.24, 2.45) is 0 Å². The van der Waals surface area contributed by atoms with Crippen molar-refractivity contribution in [3.63, 3.8) is 0 Å². The fraction of sp³-hybridized carbons (Fsp3) is 0.462. The van der Waals surface area contributed by atoms with E-state index in [4.69, 9.17) is 23.2 Å². The molecule has 0 bridgehead atoms.